The molecule has 0 spiro atoms. The summed E-state index contributed by atoms with van der Waals surface area (Å²) in [5, 5.41) is 4.79. The Morgan fingerprint density at radius 1 is 1.44 bits per heavy atom. The minimum Gasteiger partial charge on any atom is -0.381 e. The second kappa shape index (κ2) is 9.43. The summed E-state index contributed by atoms with van der Waals surface area (Å²) in [6.07, 6.45) is 4.24. The van der Waals surface area contributed by atoms with Crippen molar-refractivity contribution in [1.82, 2.24) is 15.2 Å². The van der Waals surface area contributed by atoms with Crippen LogP contribution in [0.1, 0.15) is 17.5 Å². The van der Waals surface area contributed by atoms with Crippen molar-refractivity contribution < 1.29 is 4.74 Å². The van der Waals surface area contributed by atoms with E-state index in [1.807, 2.05) is 7.05 Å². The van der Waals surface area contributed by atoms with Crippen LogP contribution >= 0.6 is 24.0 Å². The minimum absolute atomic E-state index is 0. The smallest absolute Gasteiger partial charge is 0.193 e. The molecule has 0 aliphatic carbocycles. The Morgan fingerprint density at radius 3 is 3.00 bits per heavy atom. The number of rotatable bonds is 5. The molecule has 2 aromatic rings. The van der Waals surface area contributed by atoms with Crippen LogP contribution in [0.5, 0.6) is 0 Å². The van der Waals surface area contributed by atoms with Gasteiger partial charge in [0.2, 0.25) is 0 Å². The van der Waals surface area contributed by atoms with Gasteiger partial charge in [0.15, 0.2) is 5.96 Å². The molecule has 1 aliphatic heterocycles. The van der Waals surface area contributed by atoms with Crippen LogP contribution in [0.2, 0.25) is 0 Å². The third-order valence-electron chi connectivity index (χ3n) is 4.73. The molecular weight excluding hydrogens is 427 g/mol. The zero-order valence-corrected chi connectivity index (χ0v) is 17.7. The molecule has 1 atom stereocenters. The summed E-state index contributed by atoms with van der Waals surface area (Å²) in [4.78, 5) is 9.98. The third-order valence-corrected chi connectivity index (χ3v) is 4.73. The van der Waals surface area contributed by atoms with Crippen LogP contribution in [-0.4, -0.2) is 56.2 Å². The molecular formula is C19H29IN4O. The molecule has 1 unspecified atom stereocenters. The number of aromatic nitrogens is 1. The summed E-state index contributed by atoms with van der Waals surface area (Å²) in [5.74, 6) is 1.57. The van der Waals surface area contributed by atoms with Crippen LogP contribution in [0.3, 0.4) is 0 Å². The van der Waals surface area contributed by atoms with E-state index in [1.165, 1.54) is 22.0 Å². The molecule has 1 aromatic carbocycles. The van der Waals surface area contributed by atoms with Gasteiger partial charge in [-0.1, -0.05) is 12.1 Å². The maximum atomic E-state index is 5.46. The largest absolute Gasteiger partial charge is 0.381 e. The summed E-state index contributed by atoms with van der Waals surface area (Å²) in [5.41, 5.74) is 3.85. The average Bonchev–Trinajstić information content (AvgIpc) is 3.21. The summed E-state index contributed by atoms with van der Waals surface area (Å²) < 4.78 is 5.46. The highest BCUT2D eigenvalue weighted by Crippen LogP contribution is 2.19. The van der Waals surface area contributed by atoms with Gasteiger partial charge in [0.05, 0.1) is 6.61 Å². The van der Waals surface area contributed by atoms with E-state index in [4.69, 9.17) is 4.74 Å². The maximum absolute atomic E-state index is 5.46. The zero-order chi connectivity index (χ0) is 16.9. The fraction of sp³-hybridized carbons (Fsp3) is 0.526. The number of aromatic amines is 1. The molecule has 25 heavy (non-hydrogen) atoms. The van der Waals surface area contributed by atoms with Gasteiger partial charge in [-0.05, 0) is 37.0 Å². The van der Waals surface area contributed by atoms with Gasteiger partial charge < -0.3 is 19.9 Å². The van der Waals surface area contributed by atoms with Crippen LogP contribution in [0.15, 0.2) is 29.4 Å². The Morgan fingerprint density at radius 2 is 2.28 bits per heavy atom. The Kier molecular flexibility index (Phi) is 7.56. The fourth-order valence-corrected chi connectivity index (χ4v) is 3.40. The lowest BCUT2D eigenvalue weighted by Gasteiger charge is -2.24. The number of hydrogen-bond donors (Lipinski definition) is 2. The van der Waals surface area contributed by atoms with Gasteiger partial charge in [-0.15, -0.1) is 24.0 Å². The highest BCUT2D eigenvalue weighted by atomic mass is 127. The number of benzene rings is 1. The predicted octanol–water partition coefficient (Wildman–Crippen LogP) is 3.18. The van der Waals surface area contributed by atoms with Crippen molar-refractivity contribution in [1.29, 1.82) is 0 Å². The number of guanidine groups is 1. The van der Waals surface area contributed by atoms with E-state index in [2.05, 4.69) is 58.6 Å². The second-order valence-electron chi connectivity index (χ2n) is 6.70. The molecule has 1 aromatic heterocycles. The van der Waals surface area contributed by atoms with Crippen molar-refractivity contribution in [3.05, 3.63) is 35.5 Å². The summed E-state index contributed by atoms with van der Waals surface area (Å²) >= 11 is 0. The van der Waals surface area contributed by atoms with Gasteiger partial charge >= 0.3 is 0 Å². The van der Waals surface area contributed by atoms with Gasteiger partial charge in [-0.25, -0.2) is 0 Å². The van der Waals surface area contributed by atoms with Crippen LogP contribution in [0, 0.1) is 12.8 Å². The SMILES string of the molecule is CN=C(NCCc1c[nH]c2cc(C)ccc12)N(C)CC1CCOC1.I. The topological polar surface area (TPSA) is 52.7 Å². The maximum Gasteiger partial charge on any atom is 0.193 e. The number of nitrogens with zero attached hydrogens (tertiary/aromatic N) is 2. The first-order valence-corrected chi connectivity index (χ1v) is 8.73. The van der Waals surface area contributed by atoms with E-state index in [0.717, 1.165) is 45.1 Å². The van der Waals surface area contributed by atoms with Gasteiger partial charge in [0, 0.05) is 56.8 Å². The van der Waals surface area contributed by atoms with Crippen molar-refractivity contribution in [2.45, 2.75) is 19.8 Å². The van der Waals surface area contributed by atoms with Gasteiger partial charge in [-0.2, -0.15) is 0 Å². The van der Waals surface area contributed by atoms with Gasteiger partial charge in [-0.3, -0.25) is 4.99 Å². The lowest BCUT2D eigenvalue weighted by molar-refractivity contribution is 0.181. The molecule has 0 bridgehead atoms. The van der Waals surface area contributed by atoms with E-state index < -0.39 is 0 Å². The quantitative estimate of drug-likeness (QED) is 0.413. The Balaban J connectivity index is 0.00000225. The van der Waals surface area contributed by atoms with Crippen molar-refractivity contribution in [3.8, 4) is 0 Å². The first-order valence-electron chi connectivity index (χ1n) is 8.73. The molecule has 0 saturated carbocycles. The molecule has 1 saturated heterocycles. The van der Waals surface area contributed by atoms with Crippen molar-refractivity contribution >= 4 is 40.8 Å². The highest BCUT2D eigenvalue weighted by molar-refractivity contribution is 14.0. The molecule has 1 fully saturated rings. The molecule has 0 amide bonds. The predicted molar refractivity (Wildman–Crippen MR) is 115 cm³/mol. The van der Waals surface area contributed by atoms with E-state index in [9.17, 15) is 0 Å². The molecule has 1 aliphatic rings. The molecule has 5 nitrogen and oxygen atoms in total. The van der Waals surface area contributed by atoms with E-state index in [0.29, 0.717) is 5.92 Å². The highest BCUT2D eigenvalue weighted by Gasteiger charge is 2.19. The monoisotopic (exact) mass is 456 g/mol. The van der Waals surface area contributed by atoms with E-state index >= 15 is 0 Å². The number of fused-ring (bicyclic) bond motifs is 1. The van der Waals surface area contributed by atoms with Crippen molar-refractivity contribution in [2.24, 2.45) is 10.9 Å². The molecule has 138 valence electrons. The number of hydrogen-bond acceptors (Lipinski definition) is 2. The minimum atomic E-state index is 0. The lowest BCUT2D eigenvalue weighted by Crippen LogP contribution is -2.42. The summed E-state index contributed by atoms with van der Waals surface area (Å²) in [6, 6.07) is 6.57. The van der Waals surface area contributed by atoms with Crippen LogP contribution in [0.4, 0.5) is 0 Å². The fourth-order valence-electron chi connectivity index (χ4n) is 3.40. The standard InChI is InChI=1S/C19H28N4O.HI/c1-14-4-5-17-16(11-22-18(17)10-14)6-8-21-19(20-2)23(3)12-15-7-9-24-13-15;/h4-5,10-11,15,22H,6-9,12-13H2,1-3H3,(H,20,21);1H. The number of aliphatic imine (C=N–C) groups is 1. The number of aryl methyl sites for hydroxylation is 1. The Labute approximate surface area is 167 Å². The second-order valence-corrected chi connectivity index (χ2v) is 6.70. The normalized spacial score (nSPS) is 17.6. The number of halogens is 1. The Bertz CT molecular complexity index is 707. The number of H-pyrrole nitrogens is 1. The summed E-state index contributed by atoms with van der Waals surface area (Å²) in [7, 11) is 3.95. The van der Waals surface area contributed by atoms with Crippen molar-refractivity contribution in [3.63, 3.8) is 0 Å². The Hall–Kier alpha value is -1.28. The molecule has 2 heterocycles. The first kappa shape index (κ1) is 20.0. The number of ether oxygens (including phenoxy) is 1. The van der Waals surface area contributed by atoms with Gasteiger partial charge in [0.25, 0.3) is 0 Å². The summed E-state index contributed by atoms with van der Waals surface area (Å²) in [6.45, 7) is 5.75. The van der Waals surface area contributed by atoms with Crippen molar-refractivity contribution in [2.75, 3.05) is 40.4 Å². The van der Waals surface area contributed by atoms with E-state index in [-0.39, 0.29) is 24.0 Å². The van der Waals surface area contributed by atoms with E-state index in [1.54, 1.807) is 0 Å². The molecule has 0 radical (unpaired) electrons. The zero-order valence-electron chi connectivity index (χ0n) is 15.3. The average molecular weight is 456 g/mol. The van der Waals surface area contributed by atoms with Crippen LogP contribution in [0.25, 0.3) is 10.9 Å². The third kappa shape index (κ3) is 5.10. The van der Waals surface area contributed by atoms with Crippen LogP contribution in [-0.2, 0) is 11.2 Å². The van der Waals surface area contributed by atoms with Crippen LogP contribution < -0.4 is 5.32 Å². The first-order chi connectivity index (χ1) is 11.7. The lowest BCUT2D eigenvalue weighted by atomic mass is 10.1. The molecule has 3 rings (SSSR count). The number of nitrogens with one attached hydrogen (secondary N) is 2. The van der Waals surface area contributed by atoms with Gasteiger partial charge in [0.1, 0.15) is 0 Å². The molecule has 6 heteroatoms. The molecule has 2 N–H and O–H groups in total.